The Balaban J connectivity index is 4.45. The standard InChI is InChI=1S/C60H104O6/c1-4-7-10-13-16-19-22-25-28-30-33-35-38-41-44-47-50-53-59(62)65-56-57(55-64-58(61)52-49-46-43-40-37-34-31-27-24-21-18-15-12-9-6-3)66-60(63)54-51-48-45-42-39-36-32-29-26-23-20-17-14-11-8-5-2/h9,12,15,18,21,24-25,28,33,35,41,44,57H,4-8,10-11,13-14,16-17,19-20,22-23,26-27,29-32,34,36-40,42-43,45-56H2,1-3H3/b12-9-,18-15-,24-21-,28-25-,35-33-,44-41-. The first kappa shape index (κ1) is 62.8. The lowest BCUT2D eigenvalue weighted by Crippen LogP contribution is -2.30. The third kappa shape index (κ3) is 51.8. The van der Waals surface area contributed by atoms with Gasteiger partial charge in [0.1, 0.15) is 13.2 Å². The van der Waals surface area contributed by atoms with Crippen LogP contribution in [-0.2, 0) is 28.6 Å². The molecule has 1 atom stereocenters. The van der Waals surface area contributed by atoms with Gasteiger partial charge in [0, 0.05) is 19.3 Å². The molecule has 380 valence electrons. The summed E-state index contributed by atoms with van der Waals surface area (Å²) in [5.74, 6) is -0.952. The summed E-state index contributed by atoms with van der Waals surface area (Å²) in [6, 6.07) is 0. The molecule has 66 heavy (non-hydrogen) atoms. The molecule has 0 aliphatic heterocycles. The van der Waals surface area contributed by atoms with Gasteiger partial charge in [-0.2, -0.15) is 0 Å². The van der Waals surface area contributed by atoms with Crippen LogP contribution in [0.1, 0.15) is 271 Å². The molecule has 0 fully saturated rings. The Morgan fingerprint density at radius 3 is 1.11 bits per heavy atom. The van der Waals surface area contributed by atoms with Gasteiger partial charge in [-0.1, -0.05) is 254 Å². The van der Waals surface area contributed by atoms with Gasteiger partial charge in [-0.15, -0.1) is 0 Å². The Morgan fingerprint density at radius 2 is 0.667 bits per heavy atom. The van der Waals surface area contributed by atoms with E-state index in [1.54, 1.807) is 0 Å². The normalized spacial score (nSPS) is 12.6. The number of hydrogen-bond donors (Lipinski definition) is 0. The predicted octanol–water partition coefficient (Wildman–Crippen LogP) is 18.6. The van der Waals surface area contributed by atoms with Crippen molar-refractivity contribution in [2.45, 2.75) is 277 Å². The Kier molecular flexibility index (Phi) is 51.9. The van der Waals surface area contributed by atoms with Gasteiger partial charge >= 0.3 is 17.9 Å². The zero-order valence-corrected chi connectivity index (χ0v) is 43.4. The molecule has 6 nitrogen and oxygen atoms in total. The van der Waals surface area contributed by atoms with Crippen LogP contribution in [0.4, 0.5) is 0 Å². The van der Waals surface area contributed by atoms with Crippen molar-refractivity contribution in [2.75, 3.05) is 13.2 Å². The average Bonchev–Trinajstić information content (AvgIpc) is 3.31. The van der Waals surface area contributed by atoms with Gasteiger partial charge in [0.05, 0.1) is 0 Å². The first-order chi connectivity index (χ1) is 32.5. The zero-order valence-electron chi connectivity index (χ0n) is 43.4. The molecule has 0 bridgehead atoms. The molecular weight excluding hydrogens is 817 g/mol. The van der Waals surface area contributed by atoms with Gasteiger partial charge in [0.2, 0.25) is 0 Å². The summed E-state index contributed by atoms with van der Waals surface area (Å²) in [4.78, 5) is 38.1. The molecule has 0 N–H and O–H groups in total. The van der Waals surface area contributed by atoms with Crippen LogP contribution in [0.2, 0.25) is 0 Å². The van der Waals surface area contributed by atoms with Gasteiger partial charge < -0.3 is 14.2 Å². The molecule has 0 amide bonds. The number of esters is 3. The highest BCUT2D eigenvalue weighted by Gasteiger charge is 2.19. The minimum Gasteiger partial charge on any atom is -0.462 e. The Bertz CT molecular complexity index is 1240. The summed E-state index contributed by atoms with van der Waals surface area (Å²) in [7, 11) is 0. The molecule has 6 heteroatoms. The van der Waals surface area contributed by atoms with Crippen molar-refractivity contribution in [3.8, 4) is 0 Å². The monoisotopic (exact) mass is 921 g/mol. The molecule has 0 spiro atoms. The van der Waals surface area contributed by atoms with Crippen molar-refractivity contribution in [2.24, 2.45) is 0 Å². The lowest BCUT2D eigenvalue weighted by Gasteiger charge is -2.18. The van der Waals surface area contributed by atoms with E-state index in [-0.39, 0.29) is 37.5 Å². The highest BCUT2D eigenvalue weighted by atomic mass is 16.6. The van der Waals surface area contributed by atoms with Gasteiger partial charge in [-0.05, 0) is 70.6 Å². The van der Waals surface area contributed by atoms with Crippen molar-refractivity contribution in [3.63, 3.8) is 0 Å². The Hall–Kier alpha value is -3.15. The predicted molar refractivity (Wildman–Crippen MR) is 284 cm³/mol. The van der Waals surface area contributed by atoms with Crippen molar-refractivity contribution in [1.29, 1.82) is 0 Å². The number of rotatable bonds is 50. The maximum absolute atomic E-state index is 12.8. The molecule has 0 heterocycles. The van der Waals surface area contributed by atoms with E-state index in [4.69, 9.17) is 14.2 Å². The molecule has 0 radical (unpaired) electrons. The van der Waals surface area contributed by atoms with Crippen molar-refractivity contribution in [3.05, 3.63) is 72.9 Å². The first-order valence-electron chi connectivity index (χ1n) is 28.0. The summed E-state index contributed by atoms with van der Waals surface area (Å²) in [6.45, 7) is 6.47. The lowest BCUT2D eigenvalue weighted by atomic mass is 10.0. The molecule has 0 saturated carbocycles. The van der Waals surface area contributed by atoms with Crippen molar-refractivity contribution >= 4 is 17.9 Å². The number of hydrogen-bond acceptors (Lipinski definition) is 6. The van der Waals surface area contributed by atoms with Gasteiger partial charge in [0.15, 0.2) is 6.10 Å². The lowest BCUT2D eigenvalue weighted by molar-refractivity contribution is -0.167. The van der Waals surface area contributed by atoms with Crippen LogP contribution in [0.3, 0.4) is 0 Å². The quantitative estimate of drug-likeness (QED) is 0.0199. The molecule has 0 aromatic carbocycles. The third-order valence-corrected chi connectivity index (χ3v) is 12.0. The summed E-state index contributed by atoms with van der Waals surface area (Å²) >= 11 is 0. The summed E-state index contributed by atoms with van der Waals surface area (Å²) in [6.07, 6.45) is 68.9. The molecule has 0 saturated heterocycles. The maximum atomic E-state index is 12.8. The molecular formula is C60H104O6. The van der Waals surface area contributed by atoms with Crippen LogP contribution in [0, 0.1) is 0 Å². The summed E-state index contributed by atoms with van der Waals surface area (Å²) in [5, 5.41) is 0. The van der Waals surface area contributed by atoms with E-state index in [1.807, 2.05) is 0 Å². The van der Waals surface area contributed by atoms with E-state index >= 15 is 0 Å². The molecule has 0 aromatic heterocycles. The van der Waals surface area contributed by atoms with E-state index in [0.717, 1.165) is 70.6 Å². The molecule has 0 aliphatic rings. The SMILES string of the molecule is CC\C=C/C=C\C=C/CCCCCCCCCC(=O)OCC(COC(=O)CCC/C=C\C/C=C\C/C=C\CCCCCCCC)OC(=O)CCCCCCCCCCCCCCCCCC. The zero-order chi connectivity index (χ0) is 47.9. The fraction of sp³-hybridized carbons (Fsp3) is 0.750. The minimum atomic E-state index is -0.799. The van der Waals surface area contributed by atoms with Crippen LogP contribution < -0.4 is 0 Å². The largest absolute Gasteiger partial charge is 0.462 e. The number of allylic oxidation sites excluding steroid dienone is 12. The first-order valence-corrected chi connectivity index (χ1v) is 28.0. The van der Waals surface area contributed by atoms with E-state index in [0.29, 0.717) is 19.3 Å². The maximum Gasteiger partial charge on any atom is 0.306 e. The second-order valence-corrected chi connectivity index (χ2v) is 18.5. The molecule has 0 rings (SSSR count). The average molecular weight is 921 g/mol. The van der Waals surface area contributed by atoms with Crippen LogP contribution in [-0.4, -0.2) is 37.2 Å². The highest BCUT2D eigenvalue weighted by Crippen LogP contribution is 2.16. The molecule has 1 unspecified atom stereocenters. The van der Waals surface area contributed by atoms with Crippen LogP contribution in [0.5, 0.6) is 0 Å². The number of carbonyl (C=O) groups is 3. The summed E-state index contributed by atoms with van der Waals surface area (Å²) < 4.78 is 16.8. The number of unbranched alkanes of at least 4 members (excludes halogenated alkanes) is 29. The fourth-order valence-corrected chi connectivity index (χ4v) is 7.81. The van der Waals surface area contributed by atoms with E-state index in [9.17, 15) is 14.4 Å². The fourth-order valence-electron chi connectivity index (χ4n) is 7.81. The Labute approximate surface area is 408 Å². The van der Waals surface area contributed by atoms with Crippen molar-refractivity contribution < 1.29 is 28.6 Å². The van der Waals surface area contributed by atoms with E-state index < -0.39 is 6.10 Å². The van der Waals surface area contributed by atoms with Gasteiger partial charge in [0.25, 0.3) is 0 Å². The number of ether oxygens (including phenoxy) is 3. The Morgan fingerprint density at radius 1 is 0.333 bits per heavy atom. The highest BCUT2D eigenvalue weighted by molar-refractivity contribution is 5.71. The molecule has 0 aliphatic carbocycles. The third-order valence-electron chi connectivity index (χ3n) is 12.0. The summed E-state index contributed by atoms with van der Waals surface area (Å²) in [5.41, 5.74) is 0. The van der Waals surface area contributed by atoms with Gasteiger partial charge in [-0.25, -0.2) is 0 Å². The van der Waals surface area contributed by atoms with Crippen LogP contribution in [0.15, 0.2) is 72.9 Å². The van der Waals surface area contributed by atoms with E-state index in [2.05, 4.69) is 93.7 Å². The second-order valence-electron chi connectivity index (χ2n) is 18.5. The second kappa shape index (κ2) is 54.5. The molecule has 0 aromatic rings. The van der Waals surface area contributed by atoms with Crippen molar-refractivity contribution in [1.82, 2.24) is 0 Å². The van der Waals surface area contributed by atoms with E-state index in [1.165, 1.54) is 154 Å². The topological polar surface area (TPSA) is 78.9 Å². The van der Waals surface area contributed by atoms with Crippen LogP contribution in [0.25, 0.3) is 0 Å². The smallest absolute Gasteiger partial charge is 0.306 e. The minimum absolute atomic E-state index is 0.0956. The van der Waals surface area contributed by atoms with Gasteiger partial charge in [-0.3, -0.25) is 14.4 Å². The van der Waals surface area contributed by atoms with Crippen LogP contribution >= 0.6 is 0 Å². The number of carbonyl (C=O) groups excluding carboxylic acids is 3.